The van der Waals surface area contributed by atoms with Crippen LogP contribution in [0, 0.1) is 0 Å². The van der Waals surface area contributed by atoms with Crippen molar-refractivity contribution in [1.29, 1.82) is 0 Å². The van der Waals surface area contributed by atoms with Gasteiger partial charge in [-0.2, -0.15) is 5.10 Å². The number of nitrogens with zero attached hydrogens (tertiary/aromatic N) is 1. The molecular weight excluding hydrogens is 362 g/mol. The first-order valence-electron chi connectivity index (χ1n) is 9.23. The molecule has 1 aromatic heterocycles. The van der Waals surface area contributed by atoms with Crippen LogP contribution in [0.3, 0.4) is 0 Å². The summed E-state index contributed by atoms with van der Waals surface area (Å²) in [5.41, 5.74) is 3.21. The predicted molar refractivity (Wildman–Crippen MR) is 102 cm³/mol. The summed E-state index contributed by atoms with van der Waals surface area (Å²) >= 11 is 0. The van der Waals surface area contributed by atoms with Gasteiger partial charge in [0, 0.05) is 43.9 Å². The summed E-state index contributed by atoms with van der Waals surface area (Å²) in [7, 11) is 1.53. The molecule has 2 aromatic rings. The van der Waals surface area contributed by atoms with Crippen molar-refractivity contribution in [2.75, 3.05) is 26.8 Å². The van der Waals surface area contributed by atoms with Crippen LogP contribution in [0.5, 0.6) is 11.5 Å². The van der Waals surface area contributed by atoms with Crippen molar-refractivity contribution in [1.82, 2.24) is 26.1 Å². The lowest BCUT2D eigenvalue weighted by Crippen LogP contribution is -2.28. The van der Waals surface area contributed by atoms with E-state index in [1.807, 2.05) is 13.0 Å². The van der Waals surface area contributed by atoms with E-state index in [4.69, 9.17) is 9.47 Å². The third-order valence-corrected chi connectivity index (χ3v) is 4.44. The molecule has 0 aliphatic carbocycles. The van der Waals surface area contributed by atoms with Crippen molar-refractivity contribution in [3.05, 3.63) is 40.7 Å². The van der Waals surface area contributed by atoms with Gasteiger partial charge in [0.2, 0.25) is 0 Å². The Morgan fingerprint density at radius 2 is 2.11 bits per heavy atom. The maximum atomic E-state index is 12.5. The summed E-state index contributed by atoms with van der Waals surface area (Å²) in [5.74, 6) is 0.545. The van der Waals surface area contributed by atoms with Gasteiger partial charge in [0.05, 0.1) is 7.11 Å². The molecule has 0 radical (unpaired) electrons. The van der Waals surface area contributed by atoms with Crippen LogP contribution < -0.4 is 25.4 Å². The number of carbonyl (C=O) groups excluding carboxylic acids is 2. The molecule has 1 aromatic carbocycles. The van der Waals surface area contributed by atoms with E-state index in [2.05, 4.69) is 26.1 Å². The fourth-order valence-electron chi connectivity index (χ4n) is 3.01. The normalized spacial score (nSPS) is 12.8. The number of methoxy groups -OCH3 is 1. The van der Waals surface area contributed by atoms with Crippen molar-refractivity contribution in [3.63, 3.8) is 0 Å². The highest BCUT2D eigenvalue weighted by Crippen LogP contribution is 2.28. The highest BCUT2D eigenvalue weighted by molar-refractivity contribution is 5.94. The second-order valence-corrected chi connectivity index (χ2v) is 6.37. The van der Waals surface area contributed by atoms with Gasteiger partial charge in [-0.1, -0.05) is 6.07 Å². The zero-order chi connectivity index (χ0) is 19.9. The largest absolute Gasteiger partial charge is 0.493 e. The minimum Gasteiger partial charge on any atom is -0.493 e. The molecule has 3 rings (SSSR count). The number of amides is 2. The zero-order valence-electron chi connectivity index (χ0n) is 16.1. The highest BCUT2D eigenvalue weighted by atomic mass is 16.5. The fourth-order valence-corrected chi connectivity index (χ4v) is 3.01. The lowest BCUT2D eigenvalue weighted by atomic mass is 10.1. The number of carbonyl (C=O) groups is 2. The van der Waals surface area contributed by atoms with E-state index in [0.717, 1.165) is 29.8 Å². The number of H-pyrrole nitrogens is 1. The summed E-state index contributed by atoms with van der Waals surface area (Å²) < 4.78 is 10.8. The molecule has 28 heavy (non-hydrogen) atoms. The van der Waals surface area contributed by atoms with E-state index in [9.17, 15) is 9.59 Å². The molecule has 0 bridgehead atoms. The number of aromatic nitrogens is 2. The van der Waals surface area contributed by atoms with Crippen LogP contribution in [0.25, 0.3) is 0 Å². The SMILES string of the molecule is CCNC(=O)COc1ccc(CNC(=O)c2n[nH]c3c2CNCC3)cc1OC. The molecule has 4 N–H and O–H groups in total. The maximum absolute atomic E-state index is 12.5. The molecule has 0 atom stereocenters. The summed E-state index contributed by atoms with van der Waals surface area (Å²) in [6, 6.07) is 5.31. The monoisotopic (exact) mass is 387 g/mol. The minimum atomic E-state index is -0.225. The summed E-state index contributed by atoms with van der Waals surface area (Å²) in [6.07, 6.45) is 0.838. The smallest absolute Gasteiger partial charge is 0.272 e. The highest BCUT2D eigenvalue weighted by Gasteiger charge is 2.21. The van der Waals surface area contributed by atoms with Gasteiger partial charge < -0.3 is 25.4 Å². The number of likely N-dealkylation sites (N-methyl/N-ethyl adjacent to an activating group) is 1. The van der Waals surface area contributed by atoms with Crippen molar-refractivity contribution < 1.29 is 19.1 Å². The second-order valence-electron chi connectivity index (χ2n) is 6.37. The summed E-state index contributed by atoms with van der Waals surface area (Å²) in [4.78, 5) is 24.0. The van der Waals surface area contributed by atoms with Gasteiger partial charge in [-0.15, -0.1) is 0 Å². The van der Waals surface area contributed by atoms with Crippen LogP contribution in [0.1, 0.15) is 34.2 Å². The third kappa shape index (κ3) is 4.61. The Labute approximate surface area is 163 Å². The number of hydrogen-bond donors (Lipinski definition) is 4. The molecule has 2 amide bonds. The number of rotatable bonds is 8. The first kappa shape index (κ1) is 19.7. The number of aromatic amines is 1. The Kier molecular flexibility index (Phi) is 6.49. The van der Waals surface area contributed by atoms with Gasteiger partial charge in [0.25, 0.3) is 11.8 Å². The molecule has 1 aliphatic heterocycles. The average molecular weight is 387 g/mol. The van der Waals surface area contributed by atoms with Crippen LogP contribution >= 0.6 is 0 Å². The molecule has 0 unspecified atom stereocenters. The Hall–Kier alpha value is -3.07. The van der Waals surface area contributed by atoms with E-state index in [0.29, 0.717) is 36.8 Å². The number of ether oxygens (including phenoxy) is 2. The quantitative estimate of drug-likeness (QED) is 0.524. The van der Waals surface area contributed by atoms with E-state index < -0.39 is 0 Å². The minimum absolute atomic E-state index is 0.0847. The molecule has 150 valence electrons. The number of nitrogens with one attached hydrogen (secondary N) is 4. The Morgan fingerprint density at radius 1 is 1.25 bits per heavy atom. The Morgan fingerprint density at radius 3 is 2.89 bits per heavy atom. The Balaban J connectivity index is 1.60. The first-order valence-corrected chi connectivity index (χ1v) is 9.23. The topological polar surface area (TPSA) is 117 Å². The molecule has 0 fully saturated rings. The van der Waals surface area contributed by atoms with Crippen LogP contribution in [-0.4, -0.2) is 48.8 Å². The van der Waals surface area contributed by atoms with Crippen LogP contribution in [0.15, 0.2) is 18.2 Å². The van der Waals surface area contributed by atoms with Gasteiger partial charge in [-0.05, 0) is 24.6 Å². The van der Waals surface area contributed by atoms with E-state index in [1.165, 1.54) is 7.11 Å². The third-order valence-electron chi connectivity index (χ3n) is 4.44. The van der Waals surface area contributed by atoms with Crippen LogP contribution in [-0.2, 0) is 24.3 Å². The number of hydrogen-bond acceptors (Lipinski definition) is 6. The van der Waals surface area contributed by atoms with Gasteiger partial charge in [0.15, 0.2) is 23.8 Å². The van der Waals surface area contributed by atoms with Gasteiger partial charge in [0.1, 0.15) is 0 Å². The molecule has 9 heteroatoms. The van der Waals surface area contributed by atoms with Crippen LogP contribution in [0.2, 0.25) is 0 Å². The number of fused-ring (bicyclic) bond motifs is 1. The molecule has 1 aliphatic rings. The van der Waals surface area contributed by atoms with E-state index >= 15 is 0 Å². The lowest BCUT2D eigenvalue weighted by molar-refractivity contribution is -0.123. The molecule has 0 saturated carbocycles. The van der Waals surface area contributed by atoms with Gasteiger partial charge in [-0.3, -0.25) is 14.7 Å². The standard InChI is InChI=1S/C19H25N5O4/c1-3-21-17(25)11-28-15-5-4-12(8-16(15)27-2)9-22-19(26)18-13-10-20-7-6-14(13)23-24-18/h4-5,8,20H,3,6-7,9-11H2,1-2H3,(H,21,25)(H,22,26)(H,23,24). The Bertz CT molecular complexity index is 849. The van der Waals surface area contributed by atoms with Crippen molar-refractivity contribution in [3.8, 4) is 11.5 Å². The van der Waals surface area contributed by atoms with E-state index in [-0.39, 0.29) is 18.4 Å². The molecule has 0 spiro atoms. The lowest BCUT2D eigenvalue weighted by Gasteiger charge is -2.14. The van der Waals surface area contributed by atoms with Gasteiger partial charge >= 0.3 is 0 Å². The molecule has 2 heterocycles. The fraction of sp³-hybridized carbons (Fsp3) is 0.421. The van der Waals surface area contributed by atoms with Crippen molar-refractivity contribution in [2.45, 2.75) is 26.4 Å². The van der Waals surface area contributed by atoms with Crippen molar-refractivity contribution in [2.24, 2.45) is 0 Å². The summed E-state index contributed by atoms with van der Waals surface area (Å²) in [6.45, 7) is 4.15. The average Bonchev–Trinajstić information content (AvgIpc) is 3.15. The van der Waals surface area contributed by atoms with Gasteiger partial charge in [-0.25, -0.2) is 0 Å². The van der Waals surface area contributed by atoms with Crippen molar-refractivity contribution >= 4 is 11.8 Å². The van der Waals surface area contributed by atoms with Crippen LogP contribution in [0.4, 0.5) is 0 Å². The second kappa shape index (κ2) is 9.23. The number of benzene rings is 1. The predicted octanol–water partition coefficient (Wildman–Crippen LogP) is 0.509. The maximum Gasteiger partial charge on any atom is 0.272 e. The molecule has 0 saturated heterocycles. The summed E-state index contributed by atoms with van der Waals surface area (Å²) in [5, 5.41) is 15.9. The van der Waals surface area contributed by atoms with E-state index in [1.54, 1.807) is 12.1 Å². The molecule has 9 nitrogen and oxygen atoms in total. The first-order chi connectivity index (χ1) is 13.6. The molecular formula is C19H25N5O4. The zero-order valence-corrected chi connectivity index (χ0v) is 16.1.